The number of aryl methyl sites for hydroxylation is 3. The van der Waals surface area contributed by atoms with Crippen LogP contribution >= 0.6 is 23.2 Å². The maximum atomic E-state index is 14.2. The summed E-state index contributed by atoms with van der Waals surface area (Å²) in [5.74, 6) is 0.740. The van der Waals surface area contributed by atoms with E-state index in [4.69, 9.17) is 32.7 Å². The van der Waals surface area contributed by atoms with Gasteiger partial charge in [0.1, 0.15) is 17.3 Å². The number of carbonyl (C=O) groups is 2. The number of benzene rings is 2. The highest BCUT2D eigenvalue weighted by Crippen LogP contribution is 2.41. The van der Waals surface area contributed by atoms with Gasteiger partial charge in [0.25, 0.3) is 0 Å². The molecule has 6 aliphatic rings. The summed E-state index contributed by atoms with van der Waals surface area (Å²) in [6.07, 6.45) is 14.4. The highest BCUT2D eigenvalue weighted by Gasteiger charge is 2.42. The molecule has 22 heteroatoms. The number of ether oxygens (including phenoxy) is 2. The maximum absolute atomic E-state index is 14.2. The molecule has 0 bridgehead atoms. The predicted octanol–water partition coefficient (Wildman–Crippen LogP) is 7.93. The highest BCUT2D eigenvalue weighted by atomic mass is 35.5. The van der Waals surface area contributed by atoms with Gasteiger partial charge >= 0.3 is 0 Å². The van der Waals surface area contributed by atoms with Crippen LogP contribution in [0.4, 0.5) is 0 Å². The second-order valence-electron chi connectivity index (χ2n) is 24.2. The highest BCUT2D eigenvalue weighted by molar-refractivity contribution is 7.89. The van der Waals surface area contributed by atoms with E-state index in [-0.39, 0.29) is 64.6 Å². The van der Waals surface area contributed by atoms with E-state index in [1.807, 2.05) is 79.0 Å². The number of aromatic nitrogens is 2. The predicted molar refractivity (Wildman–Crippen MR) is 326 cm³/mol. The first-order valence-corrected chi connectivity index (χ1v) is 33.7. The lowest BCUT2D eigenvalue weighted by atomic mass is 9.88. The summed E-state index contributed by atoms with van der Waals surface area (Å²) in [5.41, 5.74) is 3.81. The second-order valence-corrected chi connectivity index (χ2v) is 28.6. The van der Waals surface area contributed by atoms with Gasteiger partial charge in [-0.05, 0) is 158 Å². The largest absolute Gasteiger partial charge is 0.497 e. The van der Waals surface area contributed by atoms with E-state index < -0.39 is 26.1 Å². The van der Waals surface area contributed by atoms with Crippen molar-refractivity contribution < 1.29 is 35.9 Å². The van der Waals surface area contributed by atoms with Crippen molar-refractivity contribution in [1.82, 2.24) is 47.1 Å². The Morgan fingerprint density at radius 1 is 0.614 bits per heavy atom. The minimum Gasteiger partial charge on any atom is -0.497 e. The molecule has 18 nitrogen and oxygen atoms in total. The molecule has 4 aliphatic heterocycles. The summed E-state index contributed by atoms with van der Waals surface area (Å²) in [6.45, 7) is 15.9. The molecule has 4 fully saturated rings. The number of likely N-dealkylation sites (N-methyl/N-ethyl adjacent to an activating group) is 3. The van der Waals surface area contributed by atoms with E-state index in [0.717, 1.165) is 102 Å². The summed E-state index contributed by atoms with van der Waals surface area (Å²) < 4.78 is 74.8. The molecule has 2 aromatic heterocycles. The molecule has 2 aromatic carbocycles. The smallest absolute Gasteiger partial charge is 0.248 e. The number of sulfonamides is 2. The Balaban J connectivity index is 0.000000200. The van der Waals surface area contributed by atoms with Crippen LogP contribution in [0, 0.1) is 20.8 Å². The molecule has 6 atom stereocenters. The van der Waals surface area contributed by atoms with Crippen LogP contribution in [0.1, 0.15) is 111 Å². The zero-order valence-corrected chi connectivity index (χ0v) is 53.4. The Bertz CT molecular complexity index is 3080. The lowest BCUT2D eigenvalue weighted by Gasteiger charge is -2.43. The Morgan fingerprint density at radius 2 is 1.11 bits per heavy atom. The molecule has 4 aromatic rings. The third-order valence-corrected chi connectivity index (χ3v) is 24.1. The molecule has 6 heterocycles. The van der Waals surface area contributed by atoms with Gasteiger partial charge < -0.3 is 38.2 Å². The number of amides is 2. The van der Waals surface area contributed by atoms with Crippen LogP contribution in [-0.4, -0.2) is 214 Å². The van der Waals surface area contributed by atoms with Gasteiger partial charge in [0, 0.05) is 147 Å². The number of halogens is 2. The van der Waals surface area contributed by atoms with Crippen molar-refractivity contribution in [3.05, 3.63) is 99.0 Å². The fourth-order valence-electron chi connectivity index (χ4n) is 13.9. The number of fused-ring (bicyclic) bond motifs is 2. The normalized spacial score (nSPS) is 24.6. The van der Waals surface area contributed by atoms with E-state index in [1.54, 1.807) is 42.6 Å². The first-order valence-electron chi connectivity index (χ1n) is 30.1. The summed E-state index contributed by atoms with van der Waals surface area (Å²) in [5, 5.41) is 0.206. The molecule has 2 unspecified atom stereocenters. The molecule has 10 rings (SSSR count). The molecule has 458 valence electrons. The standard InChI is InChI=1S/C32H49N5O4S.C29H41Cl2N5O4S/c1-24-21-28(41-5)22-25(2)32(24)42(39,40)37-20-19-36-14-8-12-29(36)30(37)11-7-13-31(38)34(4)26-9-6-10-27(23-26)35-17-15-33(3)16-18-35;1-21-9-10-24(30)29(28(21)31)41(38,39)36-17-16-35-11-5-8-25(35)26(36)19-40-20-27(37)33(3)22-6-4-7-23(18-22)34-14-12-32(2)13-15-34/h8,12,14,21-22,26-27,30H,6-7,9-11,13,15-20,23H2,1-5H3;5,8-11,22-23,26H,4,6-7,12-20H2,1-3H3/t26-,27-,30?;22-,23-,26?/m00/s1. The lowest BCUT2D eigenvalue weighted by molar-refractivity contribution is -0.138. The molecule has 0 radical (unpaired) electrons. The Morgan fingerprint density at radius 3 is 1.64 bits per heavy atom. The first-order chi connectivity index (χ1) is 39.7. The number of nitrogens with zero attached hydrogens (tertiary/aromatic N) is 10. The topological polar surface area (TPSA) is 157 Å². The Hall–Kier alpha value is -4.06. The summed E-state index contributed by atoms with van der Waals surface area (Å²) in [4.78, 5) is 40.7. The van der Waals surface area contributed by atoms with E-state index in [9.17, 15) is 26.4 Å². The van der Waals surface area contributed by atoms with Crippen molar-refractivity contribution in [3.63, 3.8) is 0 Å². The molecular formula is C61H90Cl2N10O8S2. The molecule has 83 heavy (non-hydrogen) atoms. The van der Waals surface area contributed by atoms with E-state index >= 15 is 0 Å². The quantitative estimate of drug-likeness (QED) is 0.101. The lowest BCUT2D eigenvalue weighted by Crippen LogP contribution is -2.53. The fraction of sp³-hybridized carbons (Fsp3) is 0.639. The van der Waals surface area contributed by atoms with Crippen LogP contribution in [0.15, 0.2) is 70.7 Å². The van der Waals surface area contributed by atoms with Crippen molar-refractivity contribution in [2.75, 3.05) is 114 Å². The van der Waals surface area contributed by atoms with Crippen LogP contribution in [0.2, 0.25) is 10.0 Å². The minimum absolute atomic E-state index is 0.0401. The first kappa shape index (κ1) is 63.4. The number of rotatable bonds is 17. The van der Waals surface area contributed by atoms with Gasteiger partial charge in [0.15, 0.2) is 0 Å². The van der Waals surface area contributed by atoms with Crippen molar-refractivity contribution in [1.29, 1.82) is 0 Å². The van der Waals surface area contributed by atoms with Crippen LogP contribution in [0.3, 0.4) is 0 Å². The van der Waals surface area contributed by atoms with Crippen molar-refractivity contribution in [2.45, 2.75) is 151 Å². The number of piperazine rings is 2. The molecule has 0 spiro atoms. The average molecular weight is 1230 g/mol. The van der Waals surface area contributed by atoms with Crippen molar-refractivity contribution in [3.8, 4) is 5.75 Å². The molecular weight excluding hydrogens is 1140 g/mol. The zero-order valence-electron chi connectivity index (χ0n) is 50.2. The fourth-order valence-corrected chi connectivity index (χ4v) is 18.6. The number of hydrogen-bond donors (Lipinski definition) is 0. The van der Waals surface area contributed by atoms with Crippen LogP contribution in [0.25, 0.3) is 0 Å². The Labute approximate surface area is 504 Å². The minimum atomic E-state index is -4.05. The number of methoxy groups -OCH3 is 1. The number of hydrogen-bond acceptors (Lipinski definition) is 12. The molecule has 0 N–H and O–H groups in total. The second kappa shape index (κ2) is 27.8. The number of carbonyl (C=O) groups excluding carboxylic acids is 2. The van der Waals surface area contributed by atoms with Gasteiger partial charge in [-0.1, -0.05) is 29.3 Å². The molecule has 2 amide bonds. The van der Waals surface area contributed by atoms with Gasteiger partial charge in [0.2, 0.25) is 31.9 Å². The third kappa shape index (κ3) is 14.4. The van der Waals surface area contributed by atoms with E-state index in [2.05, 4.69) is 38.3 Å². The van der Waals surface area contributed by atoms with Gasteiger partial charge in [-0.2, -0.15) is 8.61 Å². The van der Waals surface area contributed by atoms with Crippen molar-refractivity contribution >= 4 is 55.1 Å². The summed E-state index contributed by atoms with van der Waals surface area (Å²) in [7, 11) is 1.98. The molecule has 2 saturated carbocycles. The van der Waals surface area contributed by atoms with E-state index in [0.29, 0.717) is 78.3 Å². The SMILES string of the molecule is COc1cc(C)c(S(=O)(=O)N2CCn3cccc3C2CCCC(=O)N(C)[C@H]2CCC[C@H](N3CCN(C)CC3)C2)c(C)c1.Cc1ccc(Cl)c(S(=O)(=O)N2CCn3cccc3C2COCC(=O)N(C)[C@H]2CCC[C@H](N3CCN(C)CC3)C2)c1Cl. The summed E-state index contributed by atoms with van der Waals surface area (Å²) in [6, 6.07) is 15.2. The van der Waals surface area contributed by atoms with Gasteiger partial charge in [0.05, 0.1) is 40.7 Å². The van der Waals surface area contributed by atoms with Crippen molar-refractivity contribution in [2.24, 2.45) is 0 Å². The van der Waals surface area contributed by atoms with E-state index in [1.165, 1.54) is 17.1 Å². The molecule has 2 saturated heterocycles. The summed E-state index contributed by atoms with van der Waals surface area (Å²) >= 11 is 12.8. The van der Waals surface area contributed by atoms with Crippen LogP contribution < -0.4 is 4.74 Å². The third-order valence-electron chi connectivity index (χ3n) is 18.9. The van der Waals surface area contributed by atoms with Gasteiger partial charge in [-0.3, -0.25) is 19.4 Å². The van der Waals surface area contributed by atoms with Gasteiger partial charge in [-0.15, -0.1) is 0 Å². The van der Waals surface area contributed by atoms with Gasteiger partial charge in [-0.25, -0.2) is 16.8 Å². The average Bonchev–Trinajstić information content (AvgIpc) is 3.17. The van der Waals surface area contributed by atoms with Crippen LogP contribution in [-0.2, 0) is 47.5 Å². The Kier molecular flexibility index (Phi) is 21.2. The van der Waals surface area contributed by atoms with Crippen LogP contribution in [0.5, 0.6) is 5.75 Å². The molecule has 2 aliphatic carbocycles. The maximum Gasteiger partial charge on any atom is 0.248 e. The zero-order chi connectivity index (χ0) is 59.3. The monoisotopic (exact) mass is 1220 g/mol.